The molecule has 0 spiro atoms. The van der Waals surface area contributed by atoms with E-state index in [0.29, 0.717) is 23.1 Å². The van der Waals surface area contributed by atoms with Crippen molar-refractivity contribution in [2.45, 2.75) is 26.8 Å². The minimum absolute atomic E-state index is 0.243. The number of halogens is 1. The summed E-state index contributed by atoms with van der Waals surface area (Å²) in [5.74, 6) is 1.38. The first-order chi connectivity index (χ1) is 15.5. The molecule has 0 amide bonds. The molecule has 2 aromatic heterocycles. The lowest BCUT2D eigenvalue weighted by atomic mass is 10.1. The molecule has 0 aliphatic heterocycles. The highest BCUT2D eigenvalue weighted by molar-refractivity contribution is 6.30. The number of fused-ring (bicyclic) bond motifs is 1. The smallest absolute Gasteiger partial charge is 0.264 e. The van der Waals surface area contributed by atoms with E-state index >= 15 is 0 Å². The lowest BCUT2D eigenvalue weighted by molar-refractivity contribution is 0.215. The molecule has 0 saturated carbocycles. The second kappa shape index (κ2) is 9.28. The van der Waals surface area contributed by atoms with E-state index in [4.69, 9.17) is 20.9 Å². The molecule has 8 heteroatoms. The summed E-state index contributed by atoms with van der Waals surface area (Å²) in [6.07, 6.45) is 3.66. The zero-order chi connectivity index (χ0) is 22.7. The Morgan fingerprint density at radius 3 is 2.75 bits per heavy atom. The van der Waals surface area contributed by atoms with Crippen molar-refractivity contribution < 1.29 is 9.25 Å². The van der Waals surface area contributed by atoms with Crippen molar-refractivity contribution in [3.63, 3.8) is 0 Å². The lowest BCUT2D eigenvalue weighted by Gasteiger charge is -2.14. The van der Waals surface area contributed by atoms with Gasteiger partial charge in [-0.15, -0.1) is 0 Å². The molecule has 7 nitrogen and oxygen atoms in total. The van der Waals surface area contributed by atoms with E-state index in [1.165, 1.54) is 19.5 Å². The van der Waals surface area contributed by atoms with Crippen LogP contribution in [0, 0.1) is 6.92 Å². The van der Waals surface area contributed by atoms with Crippen molar-refractivity contribution in [3.8, 4) is 0 Å². The van der Waals surface area contributed by atoms with E-state index in [-0.39, 0.29) is 5.56 Å². The molecule has 1 N–H and O–H groups in total. The molecule has 0 aliphatic rings. The summed E-state index contributed by atoms with van der Waals surface area (Å²) in [5.41, 5.74) is 3.74. The Labute approximate surface area is 190 Å². The van der Waals surface area contributed by atoms with Gasteiger partial charge in [0.15, 0.2) is 0 Å². The maximum absolute atomic E-state index is 13.2. The van der Waals surface area contributed by atoms with Crippen LogP contribution in [0.2, 0.25) is 5.02 Å². The van der Waals surface area contributed by atoms with E-state index in [9.17, 15) is 4.79 Å². The first-order valence-corrected chi connectivity index (χ1v) is 10.6. The fourth-order valence-electron chi connectivity index (χ4n) is 3.54. The summed E-state index contributed by atoms with van der Waals surface area (Å²) in [4.78, 5) is 22.4. The third kappa shape index (κ3) is 4.38. The normalized spacial score (nSPS) is 11.4. The maximum Gasteiger partial charge on any atom is 0.264 e. The highest BCUT2D eigenvalue weighted by atomic mass is 35.5. The van der Waals surface area contributed by atoms with Gasteiger partial charge < -0.3 is 14.6 Å². The van der Waals surface area contributed by atoms with Gasteiger partial charge in [0.2, 0.25) is 5.95 Å². The van der Waals surface area contributed by atoms with Crippen molar-refractivity contribution in [2.24, 2.45) is 5.16 Å². The molecule has 2 aromatic carbocycles. The average Bonchev–Trinajstić information content (AvgIpc) is 3.12. The van der Waals surface area contributed by atoms with Crippen LogP contribution in [0.3, 0.4) is 0 Å². The Balaban J connectivity index is 1.75. The van der Waals surface area contributed by atoms with Crippen LogP contribution >= 0.6 is 11.6 Å². The van der Waals surface area contributed by atoms with E-state index in [0.717, 1.165) is 40.0 Å². The molecule has 4 rings (SSSR count). The average molecular weight is 451 g/mol. The fourth-order valence-corrected chi connectivity index (χ4v) is 3.67. The molecular formula is C24H23ClN4O3. The number of hydrogen-bond donors (Lipinski definition) is 1. The lowest BCUT2D eigenvalue weighted by Crippen LogP contribution is -2.27. The zero-order valence-corrected chi connectivity index (χ0v) is 18.8. The molecule has 32 heavy (non-hydrogen) atoms. The van der Waals surface area contributed by atoms with Crippen LogP contribution in [0.1, 0.15) is 29.4 Å². The SMILES string of the molecule is CCc1oc2ccc(Nc3ncc(/C=N/OC)c(=O)n3Cc3ccc(Cl)cc3)cc2c1C. The van der Waals surface area contributed by atoms with Gasteiger partial charge in [0, 0.05) is 28.7 Å². The number of furan rings is 1. The molecule has 0 saturated heterocycles. The van der Waals surface area contributed by atoms with E-state index < -0.39 is 0 Å². The van der Waals surface area contributed by atoms with Crippen LogP contribution in [0.5, 0.6) is 0 Å². The topological polar surface area (TPSA) is 81.7 Å². The molecule has 0 bridgehead atoms. The number of benzene rings is 2. The van der Waals surface area contributed by atoms with E-state index in [2.05, 4.69) is 22.4 Å². The molecule has 0 aliphatic carbocycles. The molecule has 164 valence electrons. The molecular weight excluding hydrogens is 428 g/mol. The summed E-state index contributed by atoms with van der Waals surface area (Å²) in [7, 11) is 1.42. The van der Waals surface area contributed by atoms with Gasteiger partial charge in [-0.05, 0) is 48.4 Å². The Morgan fingerprint density at radius 1 is 1.25 bits per heavy atom. The van der Waals surface area contributed by atoms with Crippen molar-refractivity contribution in [1.29, 1.82) is 0 Å². The zero-order valence-electron chi connectivity index (χ0n) is 18.1. The monoisotopic (exact) mass is 450 g/mol. The van der Waals surface area contributed by atoms with E-state index in [1.54, 1.807) is 16.7 Å². The summed E-state index contributed by atoms with van der Waals surface area (Å²) >= 11 is 6.01. The summed E-state index contributed by atoms with van der Waals surface area (Å²) < 4.78 is 7.46. The predicted molar refractivity (Wildman–Crippen MR) is 127 cm³/mol. The second-order valence-electron chi connectivity index (χ2n) is 7.31. The van der Waals surface area contributed by atoms with Gasteiger partial charge in [0.1, 0.15) is 18.5 Å². The number of aryl methyl sites for hydroxylation is 2. The van der Waals surface area contributed by atoms with Crippen LogP contribution in [-0.4, -0.2) is 22.9 Å². The first kappa shape index (κ1) is 21.6. The Kier molecular flexibility index (Phi) is 6.28. The molecule has 0 atom stereocenters. The van der Waals surface area contributed by atoms with Gasteiger partial charge in [-0.2, -0.15) is 0 Å². The second-order valence-corrected chi connectivity index (χ2v) is 7.75. The number of aromatic nitrogens is 2. The third-order valence-corrected chi connectivity index (χ3v) is 5.49. The van der Waals surface area contributed by atoms with Gasteiger partial charge in [-0.1, -0.05) is 35.8 Å². The number of anilines is 2. The number of nitrogens with one attached hydrogen (secondary N) is 1. The van der Waals surface area contributed by atoms with Gasteiger partial charge >= 0.3 is 0 Å². The summed E-state index contributed by atoms with van der Waals surface area (Å²) in [6.45, 7) is 4.43. The van der Waals surface area contributed by atoms with Crippen molar-refractivity contribution in [2.75, 3.05) is 12.4 Å². The van der Waals surface area contributed by atoms with Crippen LogP contribution in [0.25, 0.3) is 11.0 Å². The molecule has 2 heterocycles. The van der Waals surface area contributed by atoms with Gasteiger partial charge in [-0.3, -0.25) is 9.36 Å². The molecule has 0 unspecified atom stereocenters. The number of hydrogen-bond acceptors (Lipinski definition) is 6. The molecule has 4 aromatic rings. The minimum atomic E-state index is -0.243. The highest BCUT2D eigenvalue weighted by Crippen LogP contribution is 2.29. The van der Waals surface area contributed by atoms with Crippen LogP contribution < -0.4 is 10.9 Å². The minimum Gasteiger partial charge on any atom is -0.461 e. The van der Waals surface area contributed by atoms with Crippen LogP contribution in [0.4, 0.5) is 11.6 Å². The Bertz CT molecular complexity index is 1340. The van der Waals surface area contributed by atoms with Crippen molar-refractivity contribution in [3.05, 3.63) is 86.5 Å². The number of rotatable bonds is 7. The van der Waals surface area contributed by atoms with E-state index in [1.807, 2.05) is 37.3 Å². The van der Waals surface area contributed by atoms with Crippen molar-refractivity contribution >= 4 is 40.4 Å². The summed E-state index contributed by atoms with van der Waals surface area (Å²) in [6, 6.07) is 13.2. The first-order valence-electron chi connectivity index (χ1n) is 10.2. The highest BCUT2D eigenvalue weighted by Gasteiger charge is 2.13. The van der Waals surface area contributed by atoms with Crippen molar-refractivity contribution in [1.82, 2.24) is 9.55 Å². The maximum atomic E-state index is 13.2. The predicted octanol–water partition coefficient (Wildman–Crippen LogP) is 5.29. The number of oxime groups is 1. The summed E-state index contributed by atoms with van der Waals surface area (Å²) in [5, 5.41) is 8.65. The van der Waals surface area contributed by atoms with Gasteiger partial charge in [0.05, 0.1) is 18.3 Å². The Hall–Kier alpha value is -3.58. The van der Waals surface area contributed by atoms with Crippen LogP contribution in [0.15, 0.2) is 63.0 Å². The molecule has 0 radical (unpaired) electrons. The fraction of sp³-hybridized carbons (Fsp3) is 0.208. The van der Waals surface area contributed by atoms with Gasteiger partial charge in [0.25, 0.3) is 5.56 Å². The van der Waals surface area contributed by atoms with Crippen LogP contribution in [-0.2, 0) is 17.8 Å². The standard InChI is InChI=1S/C24H23ClN4O3/c1-4-21-15(2)20-11-19(9-10-22(20)32-21)28-24-26-12-17(13-27-31-3)23(30)29(24)14-16-5-7-18(25)8-6-16/h5-13H,4,14H2,1-3H3,(H,26,28)/b27-13+. The Morgan fingerprint density at radius 2 is 2.03 bits per heavy atom. The molecule has 0 fully saturated rings. The van der Waals surface area contributed by atoms with Gasteiger partial charge in [-0.25, -0.2) is 4.98 Å². The third-order valence-electron chi connectivity index (χ3n) is 5.24. The largest absolute Gasteiger partial charge is 0.461 e. The number of nitrogens with zero attached hydrogens (tertiary/aromatic N) is 3. The quantitative estimate of drug-likeness (QED) is 0.306.